The predicted octanol–water partition coefficient (Wildman–Crippen LogP) is 3.26. The molecule has 0 aromatic heterocycles. The van der Waals surface area contributed by atoms with Gasteiger partial charge in [-0.3, -0.25) is 24.0 Å². The number of hydrogen-bond acceptors (Lipinski definition) is 6. The van der Waals surface area contributed by atoms with Crippen molar-refractivity contribution in [2.24, 2.45) is 5.92 Å². The Morgan fingerprint density at radius 1 is 0.898 bits per heavy atom. The highest BCUT2D eigenvalue weighted by Gasteiger charge is 2.30. The van der Waals surface area contributed by atoms with E-state index in [2.05, 4.69) is 21.3 Å². The Morgan fingerprint density at radius 2 is 1.63 bits per heavy atom. The third-order valence-electron chi connectivity index (χ3n) is 8.62. The fourth-order valence-electron chi connectivity index (χ4n) is 6.19. The van der Waals surface area contributed by atoms with Crippen LogP contribution in [0.25, 0.3) is 0 Å². The van der Waals surface area contributed by atoms with Gasteiger partial charge in [-0.2, -0.15) is 0 Å². The van der Waals surface area contributed by atoms with E-state index in [-0.39, 0.29) is 48.9 Å². The maximum Gasteiger partial charge on any atom is 0.255 e. The van der Waals surface area contributed by atoms with Gasteiger partial charge in [0.05, 0.1) is 18.0 Å². The maximum absolute atomic E-state index is 13.7. The number of carbonyl (C=O) groups is 5. The number of likely N-dealkylation sites (tertiary alicyclic amines) is 1. The van der Waals surface area contributed by atoms with Crippen molar-refractivity contribution in [1.29, 1.82) is 0 Å². The predicted molar refractivity (Wildman–Crippen MR) is 184 cm³/mol. The van der Waals surface area contributed by atoms with E-state index in [1.54, 1.807) is 24.3 Å². The molecule has 0 unspecified atom stereocenters. The van der Waals surface area contributed by atoms with Gasteiger partial charge in [-0.1, -0.05) is 80.6 Å². The highest BCUT2D eigenvalue weighted by molar-refractivity contribution is 6.01. The molecule has 11 nitrogen and oxygen atoms in total. The minimum absolute atomic E-state index is 0.106. The lowest BCUT2D eigenvalue weighted by Gasteiger charge is -2.27. The van der Waals surface area contributed by atoms with E-state index in [1.807, 2.05) is 73.3 Å². The highest BCUT2D eigenvalue weighted by atomic mass is 16.5. The molecule has 2 aliphatic heterocycles. The third-order valence-corrected chi connectivity index (χ3v) is 8.62. The molecule has 49 heavy (non-hydrogen) atoms. The lowest BCUT2D eigenvalue weighted by atomic mass is 10.0. The van der Waals surface area contributed by atoms with Crippen LogP contribution in [0, 0.1) is 5.92 Å². The summed E-state index contributed by atoms with van der Waals surface area (Å²) in [5.74, 6) is -1.37. The van der Waals surface area contributed by atoms with Crippen molar-refractivity contribution in [3.8, 4) is 5.75 Å². The summed E-state index contributed by atoms with van der Waals surface area (Å²) in [4.78, 5) is 68.4. The van der Waals surface area contributed by atoms with E-state index in [9.17, 15) is 24.0 Å². The van der Waals surface area contributed by atoms with Crippen LogP contribution in [0.15, 0.2) is 78.9 Å². The number of amides is 5. The Hall–Kier alpha value is -5.19. The van der Waals surface area contributed by atoms with Gasteiger partial charge >= 0.3 is 0 Å². The van der Waals surface area contributed by atoms with E-state index < -0.39 is 36.2 Å². The molecule has 5 amide bonds. The standard InChI is InChI=1S/C38H45N5O6/c1-25(2)18-29-24-49-33-15-7-6-14-30(33)36(46)42-32(21-34(44)41-31(38(48)40-29)20-26-10-4-3-5-11-26)37(47)39-22-27-12-8-13-28(19-27)23-43-17-9-16-35(43)45/h3-8,10-15,19,25,29,31-32H,9,16-18,20-24H2,1-2H3,(H,39,47)(H,40,48)(H,41,44)(H,42,46)/t29-,31-,32+/m1/s1. The Labute approximate surface area is 287 Å². The van der Waals surface area contributed by atoms with Crippen molar-refractivity contribution in [2.45, 2.75) is 77.2 Å². The van der Waals surface area contributed by atoms with E-state index in [0.29, 0.717) is 25.1 Å². The average molecular weight is 668 g/mol. The molecule has 258 valence electrons. The van der Waals surface area contributed by atoms with Gasteiger partial charge in [0.2, 0.25) is 23.6 Å². The van der Waals surface area contributed by atoms with Crippen LogP contribution in [0.5, 0.6) is 5.75 Å². The number of hydrogen-bond donors (Lipinski definition) is 4. The molecule has 3 aromatic rings. The summed E-state index contributed by atoms with van der Waals surface area (Å²) in [5, 5.41) is 11.5. The van der Waals surface area contributed by atoms with Gasteiger partial charge in [0.15, 0.2) is 0 Å². The number of benzene rings is 3. The van der Waals surface area contributed by atoms with Gasteiger partial charge in [0.25, 0.3) is 5.91 Å². The number of rotatable bonds is 9. The first-order chi connectivity index (χ1) is 23.6. The molecule has 4 N–H and O–H groups in total. The lowest BCUT2D eigenvalue weighted by molar-refractivity contribution is -0.131. The summed E-state index contributed by atoms with van der Waals surface area (Å²) < 4.78 is 6.12. The summed E-state index contributed by atoms with van der Waals surface area (Å²) in [5.41, 5.74) is 2.82. The minimum Gasteiger partial charge on any atom is -0.491 e. The summed E-state index contributed by atoms with van der Waals surface area (Å²) in [6.45, 7) is 5.56. The van der Waals surface area contributed by atoms with Crippen molar-refractivity contribution in [3.63, 3.8) is 0 Å². The molecule has 0 spiro atoms. The zero-order valence-electron chi connectivity index (χ0n) is 28.1. The second kappa shape index (κ2) is 16.8. The second-order valence-electron chi connectivity index (χ2n) is 13.1. The van der Waals surface area contributed by atoms with Crippen LogP contribution in [0.4, 0.5) is 0 Å². The monoisotopic (exact) mass is 667 g/mol. The van der Waals surface area contributed by atoms with E-state index in [1.165, 1.54) is 0 Å². The highest BCUT2D eigenvalue weighted by Crippen LogP contribution is 2.20. The average Bonchev–Trinajstić information content (AvgIpc) is 3.49. The molecule has 5 rings (SSSR count). The fourth-order valence-corrected chi connectivity index (χ4v) is 6.19. The summed E-state index contributed by atoms with van der Waals surface area (Å²) >= 11 is 0. The van der Waals surface area contributed by atoms with Crippen LogP contribution >= 0.6 is 0 Å². The van der Waals surface area contributed by atoms with Crippen LogP contribution in [-0.4, -0.2) is 65.7 Å². The number of carbonyl (C=O) groups excluding carboxylic acids is 5. The lowest BCUT2D eigenvalue weighted by Crippen LogP contribution is -2.54. The largest absolute Gasteiger partial charge is 0.491 e. The molecule has 3 atom stereocenters. The molecule has 0 radical (unpaired) electrons. The van der Waals surface area contributed by atoms with Crippen molar-refractivity contribution < 1.29 is 28.7 Å². The van der Waals surface area contributed by atoms with Crippen molar-refractivity contribution in [3.05, 3.63) is 101 Å². The first-order valence-electron chi connectivity index (χ1n) is 16.9. The van der Waals surface area contributed by atoms with Crippen LogP contribution in [0.1, 0.15) is 66.6 Å². The van der Waals surface area contributed by atoms with Crippen LogP contribution < -0.4 is 26.0 Å². The first-order valence-corrected chi connectivity index (χ1v) is 16.9. The number of nitrogens with zero attached hydrogens (tertiary/aromatic N) is 1. The van der Waals surface area contributed by atoms with Gasteiger partial charge in [-0.05, 0) is 47.6 Å². The maximum atomic E-state index is 13.7. The van der Waals surface area contributed by atoms with Gasteiger partial charge in [-0.15, -0.1) is 0 Å². The Kier molecular flexibility index (Phi) is 12.0. The molecular weight excluding hydrogens is 622 g/mol. The topological polar surface area (TPSA) is 146 Å². The number of ether oxygens (including phenoxy) is 1. The Balaban J connectivity index is 1.36. The number of nitrogens with one attached hydrogen (secondary N) is 4. The van der Waals surface area contributed by atoms with E-state index in [0.717, 1.165) is 29.7 Å². The molecule has 0 bridgehead atoms. The molecule has 0 aliphatic carbocycles. The zero-order chi connectivity index (χ0) is 34.8. The van der Waals surface area contributed by atoms with Crippen molar-refractivity contribution >= 4 is 29.5 Å². The van der Waals surface area contributed by atoms with Crippen molar-refractivity contribution in [2.75, 3.05) is 13.2 Å². The minimum atomic E-state index is -1.25. The third kappa shape index (κ3) is 10.2. The molecule has 1 saturated heterocycles. The molecule has 1 fully saturated rings. The number of fused-ring (bicyclic) bond motifs is 1. The van der Waals surface area contributed by atoms with Crippen molar-refractivity contribution in [1.82, 2.24) is 26.2 Å². The molecule has 0 saturated carbocycles. The summed E-state index contributed by atoms with van der Waals surface area (Å²) in [6, 6.07) is 21.1. The Morgan fingerprint density at radius 3 is 2.39 bits per heavy atom. The molecule has 2 aliphatic rings. The fraction of sp³-hybridized carbons (Fsp3) is 0.395. The first kappa shape index (κ1) is 35.1. The van der Waals surface area contributed by atoms with Gasteiger partial charge < -0.3 is 30.9 Å². The molecular formula is C38H45N5O6. The van der Waals surface area contributed by atoms with Crippen LogP contribution in [0.2, 0.25) is 0 Å². The normalized spacial score (nSPS) is 20.4. The van der Waals surface area contributed by atoms with E-state index in [4.69, 9.17) is 4.74 Å². The molecule has 2 heterocycles. The molecule has 3 aromatic carbocycles. The van der Waals surface area contributed by atoms with Gasteiger partial charge in [0.1, 0.15) is 24.4 Å². The summed E-state index contributed by atoms with van der Waals surface area (Å²) in [6.07, 6.45) is 1.87. The van der Waals surface area contributed by atoms with Crippen LogP contribution in [0.3, 0.4) is 0 Å². The quantitative estimate of drug-likeness (QED) is 0.276. The van der Waals surface area contributed by atoms with Gasteiger partial charge in [0, 0.05) is 32.5 Å². The smallest absolute Gasteiger partial charge is 0.255 e. The van der Waals surface area contributed by atoms with Gasteiger partial charge in [-0.25, -0.2) is 0 Å². The SMILES string of the molecule is CC(C)C[C@@H]1COc2ccccc2C(=O)N[C@H](C(=O)NCc2cccc(CN3CCCC3=O)c2)CC(=O)N[C@H](Cc2ccccc2)C(=O)N1. The molecule has 11 heteroatoms. The second-order valence-corrected chi connectivity index (χ2v) is 13.1. The number of para-hydroxylation sites is 1. The zero-order valence-corrected chi connectivity index (χ0v) is 28.1. The van der Waals surface area contributed by atoms with E-state index >= 15 is 0 Å². The summed E-state index contributed by atoms with van der Waals surface area (Å²) in [7, 11) is 0. The van der Waals surface area contributed by atoms with Crippen LogP contribution in [-0.2, 0) is 38.7 Å². The Bertz CT molecular complexity index is 1640.